The van der Waals surface area contributed by atoms with Crippen molar-refractivity contribution < 1.29 is 9.53 Å². The second-order valence-electron chi connectivity index (χ2n) is 5.00. The summed E-state index contributed by atoms with van der Waals surface area (Å²) < 4.78 is 5.45. The van der Waals surface area contributed by atoms with Crippen LogP contribution >= 0.6 is 0 Å². The fourth-order valence-electron chi connectivity index (χ4n) is 2.12. The molecule has 3 unspecified atom stereocenters. The van der Waals surface area contributed by atoms with Gasteiger partial charge in [0.15, 0.2) is 0 Å². The van der Waals surface area contributed by atoms with Crippen LogP contribution in [0.2, 0.25) is 0 Å². The summed E-state index contributed by atoms with van der Waals surface area (Å²) >= 11 is 0. The maximum Gasteiger partial charge on any atom is 0.224 e. The van der Waals surface area contributed by atoms with E-state index in [1.807, 2.05) is 20.8 Å². The van der Waals surface area contributed by atoms with Crippen molar-refractivity contribution in [1.29, 1.82) is 0 Å². The molecule has 0 bridgehead atoms. The van der Waals surface area contributed by atoms with Gasteiger partial charge < -0.3 is 15.8 Å². The maximum absolute atomic E-state index is 12.0. The topological polar surface area (TPSA) is 64.4 Å². The van der Waals surface area contributed by atoms with E-state index in [2.05, 4.69) is 5.32 Å². The normalized spacial score (nSPS) is 27.8. The smallest absolute Gasteiger partial charge is 0.224 e. The van der Waals surface area contributed by atoms with Crippen LogP contribution in [-0.4, -0.2) is 31.2 Å². The van der Waals surface area contributed by atoms with Crippen molar-refractivity contribution in [3.8, 4) is 0 Å². The molecular formula is C12H24N2O2. The minimum Gasteiger partial charge on any atom is -0.378 e. The minimum atomic E-state index is -0.0712. The van der Waals surface area contributed by atoms with E-state index >= 15 is 0 Å². The lowest BCUT2D eigenvalue weighted by Gasteiger charge is -2.29. The lowest BCUT2D eigenvalue weighted by Crippen LogP contribution is -2.46. The Kier molecular flexibility index (Phi) is 5.22. The van der Waals surface area contributed by atoms with E-state index in [1.165, 1.54) is 0 Å². The minimum absolute atomic E-state index is 0.0712. The molecule has 1 heterocycles. The van der Waals surface area contributed by atoms with E-state index in [0.717, 1.165) is 19.4 Å². The van der Waals surface area contributed by atoms with Crippen molar-refractivity contribution in [2.24, 2.45) is 17.6 Å². The highest BCUT2D eigenvalue weighted by molar-refractivity contribution is 5.79. The molecule has 1 saturated heterocycles. The van der Waals surface area contributed by atoms with E-state index in [4.69, 9.17) is 10.5 Å². The SMILES string of the molecule is CC1CC(NC(=O)C(CN)C(C)C)CCO1. The quantitative estimate of drug-likeness (QED) is 0.751. The Bertz CT molecular complexity index is 231. The first kappa shape index (κ1) is 13.5. The van der Waals surface area contributed by atoms with Crippen molar-refractivity contribution >= 4 is 5.91 Å². The number of nitrogens with one attached hydrogen (secondary N) is 1. The molecule has 16 heavy (non-hydrogen) atoms. The van der Waals surface area contributed by atoms with E-state index in [1.54, 1.807) is 0 Å². The average molecular weight is 228 g/mol. The van der Waals surface area contributed by atoms with Crippen LogP contribution in [0.4, 0.5) is 0 Å². The number of nitrogens with two attached hydrogens (primary N) is 1. The van der Waals surface area contributed by atoms with Gasteiger partial charge in [-0.05, 0) is 25.7 Å². The zero-order valence-corrected chi connectivity index (χ0v) is 10.5. The molecule has 1 amide bonds. The molecule has 0 aliphatic carbocycles. The van der Waals surface area contributed by atoms with Gasteiger partial charge in [0.05, 0.1) is 12.0 Å². The molecular weight excluding hydrogens is 204 g/mol. The Balaban J connectivity index is 2.43. The van der Waals surface area contributed by atoms with Crippen LogP contribution in [0.25, 0.3) is 0 Å². The Morgan fingerprint density at radius 1 is 1.56 bits per heavy atom. The Labute approximate surface area is 97.9 Å². The Morgan fingerprint density at radius 2 is 2.25 bits per heavy atom. The molecule has 4 nitrogen and oxygen atoms in total. The van der Waals surface area contributed by atoms with Crippen LogP contribution < -0.4 is 11.1 Å². The third-order valence-corrected chi connectivity index (χ3v) is 3.23. The van der Waals surface area contributed by atoms with Crippen molar-refractivity contribution in [1.82, 2.24) is 5.32 Å². The van der Waals surface area contributed by atoms with Crippen LogP contribution in [0.5, 0.6) is 0 Å². The first-order chi connectivity index (χ1) is 7.54. The Hall–Kier alpha value is -0.610. The lowest BCUT2D eigenvalue weighted by molar-refractivity contribution is -0.127. The number of carbonyl (C=O) groups is 1. The molecule has 4 heteroatoms. The van der Waals surface area contributed by atoms with Crippen LogP contribution in [0.15, 0.2) is 0 Å². The molecule has 0 spiro atoms. The number of ether oxygens (including phenoxy) is 1. The lowest BCUT2D eigenvalue weighted by atomic mass is 9.94. The largest absolute Gasteiger partial charge is 0.378 e. The van der Waals surface area contributed by atoms with Crippen molar-refractivity contribution in [2.45, 2.75) is 45.8 Å². The van der Waals surface area contributed by atoms with Gasteiger partial charge in [-0.3, -0.25) is 4.79 Å². The molecule has 1 fully saturated rings. The van der Waals surface area contributed by atoms with Crippen LogP contribution in [-0.2, 0) is 9.53 Å². The molecule has 1 rings (SSSR count). The highest BCUT2D eigenvalue weighted by Crippen LogP contribution is 2.15. The van der Waals surface area contributed by atoms with Gasteiger partial charge in [-0.2, -0.15) is 0 Å². The second kappa shape index (κ2) is 6.21. The summed E-state index contributed by atoms with van der Waals surface area (Å²) in [5.74, 6) is 0.317. The fraction of sp³-hybridized carbons (Fsp3) is 0.917. The first-order valence-corrected chi connectivity index (χ1v) is 6.16. The molecule has 0 aromatic rings. The highest BCUT2D eigenvalue weighted by Gasteiger charge is 2.25. The van der Waals surface area contributed by atoms with E-state index in [-0.39, 0.29) is 24.0 Å². The van der Waals surface area contributed by atoms with Gasteiger partial charge in [0.2, 0.25) is 5.91 Å². The van der Waals surface area contributed by atoms with Gasteiger partial charge in [0.25, 0.3) is 0 Å². The molecule has 0 saturated carbocycles. The monoisotopic (exact) mass is 228 g/mol. The molecule has 3 atom stereocenters. The van der Waals surface area contributed by atoms with Crippen LogP contribution in [0.3, 0.4) is 0 Å². The van der Waals surface area contributed by atoms with Gasteiger partial charge >= 0.3 is 0 Å². The van der Waals surface area contributed by atoms with Crippen molar-refractivity contribution in [2.75, 3.05) is 13.2 Å². The van der Waals surface area contributed by atoms with Crippen molar-refractivity contribution in [3.63, 3.8) is 0 Å². The van der Waals surface area contributed by atoms with Crippen molar-refractivity contribution in [3.05, 3.63) is 0 Å². The predicted octanol–water partition coefficient (Wildman–Crippen LogP) is 0.901. The van der Waals surface area contributed by atoms with Gasteiger partial charge in [-0.1, -0.05) is 13.8 Å². The molecule has 0 aromatic heterocycles. The van der Waals surface area contributed by atoms with E-state index in [0.29, 0.717) is 12.5 Å². The number of hydrogen-bond donors (Lipinski definition) is 2. The van der Waals surface area contributed by atoms with E-state index < -0.39 is 0 Å². The molecule has 0 radical (unpaired) electrons. The third kappa shape index (κ3) is 3.76. The molecule has 1 aliphatic heterocycles. The summed E-state index contributed by atoms with van der Waals surface area (Å²) in [6.45, 7) is 7.26. The van der Waals surface area contributed by atoms with E-state index in [9.17, 15) is 4.79 Å². The van der Waals surface area contributed by atoms with Gasteiger partial charge in [-0.25, -0.2) is 0 Å². The molecule has 94 valence electrons. The maximum atomic E-state index is 12.0. The summed E-state index contributed by atoms with van der Waals surface area (Å²) in [6, 6.07) is 0.254. The number of amides is 1. The summed E-state index contributed by atoms with van der Waals surface area (Å²) in [6.07, 6.45) is 2.06. The zero-order chi connectivity index (χ0) is 12.1. The molecule has 0 aromatic carbocycles. The summed E-state index contributed by atoms with van der Waals surface area (Å²) in [4.78, 5) is 12.0. The van der Waals surface area contributed by atoms with Crippen LogP contribution in [0.1, 0.15) is 33.6 Å². The van der Waals surface area contributed by atoms with Gasteiger partial charge in [0, 0.05) is 19.2 Å². The molecule has 3 N–H and O–H groups in total. The fourth-order valence-corrected chi connectivity index (χ4v) is 2.12. The predicted molar refractivity (Wildman–Crippen MR) is 64.0 cm³/mol. The average Bonchev–Trinajstić information content (AvgIpc) is 2.17. The summed E-state index contributed by atoms with van der Waals surface area (Å²) in [5, 5.41) is 3.08. The number of hydrogen-bond acceptors (Lipinski definition) is 3. The zero-order valence-electron chi connectivity index (χ0n) is 10.5. The standard InChI is InChI=1S/C12H24N2O2/c1-8(2)11(7-13)12(15)14-10-4-5-16-9(3)6-10/h8-11H,4-7,13H2,1-3H3,(H,14,15). The van der Waals surface area contributed by atoms with Gasteiger partial charge in [0.1, 0.15) is 0 Å². The van der Waals surface area contributed by atoms with Gasteiger partial charge in [-0.15, -0.1) is 0 Å². The van der Waals surface area contributed by atoms with Crippen LogP contribution in [0, 0.1) is 11.8 Å². The summed E-state index contributed by atoms with van der Waals surface area (Å²) in [7, 11) is 0. The molecule has 1 aliphatic rings. The third-order valence-electron chi connectivity index (χ3n) is 3.23. The first-order valence-electron chi connectivity index (χ1n) is 6.16. The number of rotatable bonds is 4. The Morgan fingerprint density at radius 3 is 2.75 bits per heavy atom. The highest BCUT2D eigenvalue weighted by atomic mass is 16.5. The summed E-state index contributed by atoms with van der Waals surface area (Å²) in [5.41, 5.74) is 5.62. The second-order valence-corrected chi connectivity index (χ2v) is 5.00. The number of carbonyl (C=O) groups excluding carboxylic acids is 1.